The van der Waals surface area contributed by atoms with E-state index < -0.39 is 45.8 Å². The van der Waals surface area contributed by atoms with Gasteiger partial charge in [0.25, 0.3) is 0 Å². The van der Waals surface area contributed by atoms with Crippen LogP contribution in [0.2, 0.25) is 0 Å². The van der Waals surface area contributed by atoms with Gasteiger partial charge in [-0.25, -0.2) is 4.57 Å². The average molecular weight is 807 g/mol. The van der Waals surface area contributed by atoms with Crippen LogP contribution in [0, 0.1) is 0 Å². The Morgan fingerprint density at radius 3 is 1.55 bits per heavy atom. The topological polar surface area (TPSA) is 132 Å². The lowest BCUT2D eigenvalue weighted by Gasteiger charge is -2.20. The molecule has 0 spiro atoms. The van der Waals surface area contributed by atoms with Crippen molar-refractivity contribution in [3.8, 4) is 0 Å². The molecule has 3 N–H and O–H groups in total. The minimum absolute atomic E-state index is 0.00112. The molecule has 0 aromatic heterocycles. The molecule has 0 aliphatic heterocycles. The normalized spacial score (nSPS) is 14.9. The molecule has 322 valence electrons. The van der Waals surface area contributed by atoms with E-state index in [1.807, 2.05) is 0 Å². The van der Waals surface area contributed by atoms with Gasteiger partial charge in [0.15, 0.2) is 0 Å². The molecule has 0 saturated carbocycles. The summed E-state index contributed by atoms with van der Waals surface area (Å²) in [6.07, 6.45) is 51.2. The number of hydrogen-bond donors (Lipinski definition) is 3. The van der Waals surface area contributed by atoms with Crippen LogP contribution >= 0.6 is 7.82 Å². The van der Waals surface area contributed by atoms with Crippen LogP contribution in [0.15, 0.2) is 85.1 Å². The van der Waals surface area contributed by atoms with Crippen molar-refractivity contribution in [3.05, 3.63) is 85.1 Å². The molecule has 0 bridgehead atoms. The molecule has 0 radical (unpaired) electrons. The van der Waals surface area contributed by atoms with E-state index in [1.165, 1.54) is 44.9 Å². The van der Waals surface area contributed by atoms with Crippen molar-refractivity contribution in [2.75, 3.05) is 33.0 Å². The van der Waals surface area contributed by atoms with Gasteiger partial charge in [-0.15, -0.1) is 0 Å². The lowest BCUT2D eigenvalue weighted by Crippen LogP contribution is -2.29. The highest BCUT2D eigenvalue weighted by Gasteiger charge is 2.26. The molecule has 0 amide bonds. The van der Waals surface area contributed by atoms with E-state index in [1.54, 1.807) is 0 Å². The maximum atomic E-state index is 12.6. The quantitative estimate of drug-likeness (QED) is 0.0240. The minimum Gasteiger partial charge on any atom is -0.457 e. The molecule has 9 nitrogen and oxygen atoms in total. The van der Waals surface area contributed by atoms with Gasteiger partial charge in [-0.2, -0.15) is 0 Å². The van der Waals surface area contributed by atoms with Crippen molar-refractivity contribution in [3.63, 3.8) is 0 Å². The summed E-state index contributed by atoms with van der Waals surface area (Å²) in [7, 11) is -4.54. The Kier molecular flexibility index (Phi) is 40.5. The van der Waals surface area contributed by atoms with E-state index in [0.29, 0.717) is 13.0 Å². The Bertz CT molecular complexity index is 1140. The van der Waals surface area contributed by atoms with Crippen LogP contribution in [0.5, 0.6) is 0 Å². The molecule has 56 heavy (non-hydrogen) atoms. The first kappa shape index (κ1) is 53.6. The molecule has 0 heterocycles. The highest BCUT2D eigenvalue weighted by atomic mass is 31.2. The Morgan fingerprint density at radius 2 is 1.02 bits per heavy atom. The van der Waals surface area contributed by atoms with Crippen LogP contribution in [0.3, 0.4) is 0 Å². The van der Waals surface area contributed by atoms with E-state index >= 15 is 0 Å². The molecular formula is C46H79O9P. The summed E-state index contributed by atoms with van der Waals surface area (Å²) in [5, 5.41) is 18.3. The van der Waals surface area contributed by atoms with Gasteiger partial charge >= 0.3 is 13.8 Å². The lowest BCUT2D eigenvalue weighted by atomic mass is 10.1. The number of phosphoric ester groups is 1. The number of esters is 1. The smallest absolute Gasteiger partial charge is 0.457 e. The Balaban J connectivity index is 4.32. The van der Waals surface area contributed by atoms with Gasteiger partial charge < -0.3 is 24.6 Å². The average Bonchev–Trinajstić information content (AvgIpc) is 3.19. The van der Waals surface area contributed by atoms with Crippen molar-refractivity contribution < 1.29 is 43.0 Å². The van der Waals surface area contributed by atoms with Crippen LogP contribution in [-0.4, -0.2) is 66.3 Å². The van der Waals surface area contributed by atoms with E-state index in [9.17, 15) is 19.4 Å². The zero-order valence-corrected chi connectivity index (χ0v) is 36.0. The standard InChI is InChI=1S/C46H79O9P/c1-3-5-7-9-11-13-15-17-19-20-21-22-23-25-27-29-31-33-35-37-39-52-42-45(43-54-56(50,51)53-41-44(48)40-47)55-46(49)38-36-34-32-30-28-26-24-18-16-14-12-10-8-6-4-2/h5,7,11,13,17-19,21-22,24-25,27,31,33,44-45,47-48H,3-4,6,8-10,12,14-16,20,23,26,28-30,32,34-43H2,1-2H3,(H,50,51)/b7-5-,13-11-,19-17-,22-21-,24-18-,27-25-,33-31-. The molecule has 0 aromatic carbocycles. The number of carbonyl (C=O) groups is 1. The van der Waals surface area contributed by atoms with Gasteiger partial charge in [-0.3, -0.25) is 13.8 Å². The zero-order chi connectivity index (χ0) is 41.1. The predicted molar refractivity (Wildman–Crippen MR) is 232 cm³/mol. The van der Waals surface area contributed by atoms with Gasteiger partial charge in [0, 0.05) is 13.0 Å². The number of aliphatic hydroxyl groups excluding tert-OH is 2. The number of allylic oxidation sites excluding steroid dienone is 14. The SMILES string of the molecule is CC/C=C\C/C=C\C/C=C\C/C=C\C/C=C\C/C=C\CCCOCC(COP(=O)(O)OCC(O)CO)OC(=O)CCCCCCC/C=C\CCCCCCCC. The summed E-state index contributed by atoms with van der Waals surface area (Å²) in [5.74, 6) is -0.415. The molecule has 10 heteroatoms. The molecule has 0 aliphatic rings. The Morgan fingerprint density at radius 1 is 0.571 bits per heavy atom. The van der Waals surface area contributed by atoms with E-state index in [4.69, 9.17) is 23.6 Å². The first-order chi connectivity index (χ1) is 27.3. The number of unbranched alkanes of at least 4 members (excludes halogenated alkanes) is 12. The lowest BCUT2D eigenvalue weighted by molar-refractivity contribution is -0.154. The number of ether oxygens (including phenoxy) is 2. The van der Waals surface area contributed by atoms with Gasteiger partial charge in [-0.1, -0.05) is 150 Å². The van der Waals surface area contributed by atoms with Crippen LogP contribution in [0.25, 0.3) is 0 Å². The number of hydrogen-bond acceptors (Lipinski definition) is 8. The van der Waals surface area contributed by atoms with Crippen LogP contribution in [0.4, 0.5) is 0 Å². The highest BCUT2D eigenvalue weighted by Crippen LogP contribution is 2.43. The Labute approximate surface area is 341 Å². The summed E-state index contributed by atoms with van der Waals surface area (Å²) < 4.78 is 33.3. The summed E-state index contributed by atoms with van der Waals surface area (Å²) in [6.45, 7) is 3.21. The largest absolute Gasteiger partial charge is 0.472 e. The third kappa shape index (κ3) is 41.3. The van der Waals surface area contributed by atoms with Crippen molar-refractivity contribution >= 4 is 13.8 Å². The fraction of sp³-hybridized carbons (Fsp3) is 0.674. The third-order valence-electron chi connectivity index (χ3n) is 8.56. The zero-order valence-electron chi connectivity index (χ0n) is 35.1. The van der Waals surface area contributed by atoms with Crippen molar-refractivity contribution in [2.45, 2.75) is 167 Å². The van der Waals surface area contributed by atoms with Crippen LogP contribution < -0.4 is 0 Å². The fourth-order valence-electron chi connectivity index (χ4n) is 5.31. The third-order valence-corrected chi connectivity index (χ3v) is 9.52. The molecule has 0 saturated heterocycles. The second-order valence-electron chi connectivity index (χ2n) is 14.0. The summed E-state index contributed by atoms with van der Waals surface area (Å²) >= 11 is 0. The number of rotatable bonds is 40. The van der Waals surface area contributed by atoms with E-state index in [-0.39, 0.29) is 13.0 Å². The van der Waals surface area contributed by atoms with Crippen molar-refractivity contribution in [1.29, 1.82) is 0 Å². The number of aliphatic hydroxyl groups is 2. The van der Waals surface area contributed by atoms with E-state index in [0.717, 1.165) is 83.5 Å². The molecule has 3 atom stereocenters. The first-order valence-electron chi connectivity index (χ1n) is 21.6. The molecular weight excluding hydrogens is 727 g/mol. The molecule has 0 aliphatic carbocycles. The highest BCUT2D eigenvalue weighted by molar-refractivity contribution is 7.47. The Hall–Kier alpha value is -2.36. The van der Waals surface area contributed by atoms with Gasteiger partial charge in [0.05, 0.1) is 26.4 Å². The maximum absolute atomic E-state index is 12.6. The van der Waals surface area contributed by atoms with E-state index in [2.05, 4.69) is 98.9 Å². The van der Waals surface area contributed by atoms with Crippen molar-refractivity contribution in [1.82, 2.24) is 0 Å². The predicted octanol–water partition coefficient (Wildman–Crippen LogP) is 11.9. The second-order valence-corrected chi connectivity index (χ2v) is 15.4. The molecule has 0 rings (SSSR count). The van der Waals surface area contributed by atoms with Gasteiger partial charge in [0.1, 0.15) is 12.2 Å². The summed E-state index contributed by atoms with van der Waals surface area (Å²) in [5.41, 5.74) is 0. The molecule has 3 unspecified atom stereocenters. The maximum Gasteiger partial charge on any atom is 0.472 e. The number of carbonyl (C=O) groups excluding carboxylic acids is 1. The summed E-state index contributed by atoms with van der Waals surface area (Å²) in [6, 6.07) is 0. The fourth-order valence-corrected chi connectivity index (χ4v) is 6.10. The van der Waals surface area contributed by atoms with Crippen LogP contribution in [-0.2, 0) is 27.9 Å². The minimum atomic E-state index is -4.54. The van der Waals surface area contributed by atoms with Crippen molar-refractivity contribution in [2.24, 2.45) is 0 Å². The monoisotopic (exact) mass is 807 g/mol. The molecule has 0 fully saturated rings. The first-order valence-corrected chi connectivity index (χ1v) is 23.1. The molecule has 0 aromatic rings. The van der Waals surface area contributed by atoms with Crippen LogP contribution in [0.1, 0.15) is 155 Å². The van der Waals surface area contributed by atoms with Gasteiger partial charge in [-0.05, 0) is 83.5 Å². The number of phosphoric acid groups is 1. The summed E-state index contributed by atoms with van der Waals surface area (Å²) in [4.78, 5) is 22.6. The van der Waals surface area contributed by atoms with Gasteiger partial charge in [0.2, 0.25) is 0 Å². The second kappa shape index (κ2) is 42.3.